The second-order valence-electron chi connectivity index (χ2n) is 7.17. The van der Waals surface area contributed by atoms with Crippen molar-refractivity contribution in [3.63, 3.8) is 0 Å². The molecule has 0 aromatic rings. The van der Waals surface area contributed by atoms with Crippen LogP contribution in [-0.4, -0.2) is 36.0 Å². The molecule has 0 radical (unpaired) electrons. The van der Waals surface area contributed by atoms with Crippen molar-refractivity contribution in [2.45, 2.75) is 112 Å². The van der Waals surface area contributed by atoms with E-state index in [1.807, 2.05) is 0 Å². The SMILES string of the molecule is CCC(CC)[NH][Hf]([N](C(C)C)C(C)C)[N](C(C)C)C(C)C. The van der Waals surface area contributed by atoms with Gasteiger partial charge in [0.1, 0.15) is 0 Å². The maximum atomic E-state index is 4.14. The molecule has 0 heterocycles. The fourth-order valence-electron chi connectivity index (χ4n) is 3.13. The molecule has 0 bridgehead atoms. The van der Waals surface area contributed by atoms with Gasteiger partial charge in [-0.2, -0.15) is 0 Å². The molecule has 127 valence electrons. The summed E-state index contributed by atoms with van der Waals surface area (Å²) in [6, 6.07) is 3.15. The van der Waals surface area contributed by atoms with Crippen molar-refractivity contribution in [1.29, 1.82) is 0 Å². The van der Waals surface area contributed by atoms with Crippen LogP contribution in [0.3, 0.4) is 0 Å². The van der Waals surface area contributed by atoms with Gasteiger partial charge in [0.15, 0.2) is 0 Å². The van der Waals surface area contributed by atoms with Gasteiger partial charge in [0, 0.05) is 0 Å². The van der Waals surface area contributed by atoms with Gasteiger partial charge in [-0.15, -0.1) is 0 Å². The van der Waals surface area contributed by atoms with E-state index < -0.39 is 22.3 Å². The van der Waals surface area contributed by atoms with Crippen LogP contribution in [0.1, 0.15) is 82.1 Å². The molecule has 3 nitrogen and oxygen atoms in total. The van der Waals surface area contributed by atoms with Gasteiger partial charge >= 0.3 is 144 Å². The summed E-state index contributed by atoms with van der Waals surface area (Å²) in [5.41, 5.74) is 0. The van der Waals surface area contributed by atoms with Crippen molar-refractivity contribution in [2.24, 2.45) is 0 Å². The van der Waals surface area contributed by atoms with E-state index in [0.29, 0.717) is 30.2 Å². The first-order valence-electron chi connectivity index (χ1n) is 8.87. The predicted molar refractivity (Wildman–Crippen MR) is 91.7 cm³/mol. The molecule has 0 rings (SSSR count). The average molecular weight is 465 g/mol. The zero-order valence-corrected chi connectivity index (χ0v) is 19.8. The molecule has 0 aromatic carbocycles. The Kier molecular flexibility index (Phi) is 10.9. The Hall–Kier alpha value is 0.750. The first-order valence-corrected chi connectivity index (χ1v) is 13.9. The molecular weight excluding hydrogens is 425 g/mol. The van der Waals surface area contributed by atoms with E-state index in [1.54, 1.807) is 0 Å². The minimum absolute atomic E-state index is 0.620. The zero-order chi connectivity index (χ0) is 16.7. The third-order valence-electron chi connectivity index (χ3n) is 4.03. The third kappa shape index (κ3) is 6.80. The maximum absolute atomic E-state index is 4.14. The number of rotatable bonds is 10. The molecule has 0 saturated carbocycles. The molecule has 0 atom stereocenters. The van der Waals surface area contributed by atoms with Gasteiger partial charge in [0.2, 0.25) is 0 Å². The minimum atomic E-state index is -2.26. The summed E-state index contributed by atoms with van der Waals surface area (Å²) < 4.78 is 9.79. The topological polar surface area (TPSA) is 18.5 Å². The molecule has 21 heavy (non-hydrogen) atoms. The van der Waals surface area contributed by atoms with E-state index in [-0.39, 0.29) is 0 Å². The van der Waals surface area contributed by atoms with Crippen LogP contribution in [0.5, 0.6) is 0 Å². The van der Waals surface area contributed by atoms with Gasteiger partial charge in [-0.05, 0) is 0 Å². The molecule has 0 amide bonds. The van der Waals surface area contributed by atoms with Crippen molar-refractivity contribution >= 4 is 0 Å². The first-order chi connectivity index (χ1) is 9.67. The normalized spacial score (nSPS) is 13.0. The standard InChI is InChI=1S/2C6H14N.C5H12N.Hf/c2*1-5(2)7-6(3)4;1-3-5(6)4-2;/h2*5-6H,1-4H3;5-6H,3-4H2,1-2H3;/q3*-1;+3. The second kappa shape index (κ2) is 10.5. The van der Waals surface area contributed by atoms with Crippen LogP contribution in [0, 0.1) is 0 Å². The Balaban J connectivity index is 5.50. The number of hydrogen-bond acceptors (Lipinski definition) is 3. The first kappa shape index (κ1) is 21.8. The molecule has 0 aliphatic heterocycles. The van der Waals surface area contributed by atoms with E-state index >= 15 is 0 Å². The molecule has 0 aliphatic rings. The van der Waals surface area contributed by atoms with Crippen molar-refractivity contribution < 1.29 is 22.3 Å². The quantitative estimate of drug-likeness (QED) is 0.484. The molecule has 0 unspecified atom stereocenters. The van der Waals surface area contributed by atoms with Crippen LogP contribution >= 0.6 is 0 Å². The van der Waals surface area contributed by atoms with Gasteiger partial charge < -0.3 is 0 Å². The molecule has 0 aromatic heterocycles. The molecule has 0 saturated heterocycles. The van der Waals surface area contributed by atoms with Crippen LogP contribution in [0.4, 0.5) is 0 Å². The number of nitrogens with one attached hydrogen (secondary N) is 1. The van der Waals surface area contributed by atoms with Crippen LogP contribution in [0.15, 0.2) is 0 Å². The van der Waals surface area contributed by atoms with E-state index in [9.17, 15) is 0 Å². The Morgan fingerprint density at radius 2 is 0.952 bits per heavy atom. The number of hydrogen-bond donors (Lipinski definition) is 1. The summed E-state index contributed by atoms with van der Waals surface area (Å²) in [4.78, 5) is 0. The molecule has 0 aliphatic carbocycles. The van der Waals surface area contributed by atoms with E-state index in [1.165, 1.54) is 12.8 Å². The predicted octanol–water partition coefficient (Wildman–Crippen LogP) is 4.37. The van der Waals surface area contributed by atoms with Gasteiger partial charge in [-0.25, -0.2) is 0 Å². The number of nitrogens with zero attached hydrogens (tertiary/aromatic N) is 2. The van der Waals surface area contributed by atoms with Gasteiger partial charge in [0.05, 0.1) is 0 Å². The summed E-state index contributed by atoms with van der Waals surface area (Å²) in [6.45, 7) is 23.5. The molecule has 0 spiro atoms. The average Bonchev–Trinajstić information content (AvgIpc) is 2.33. The Labute approximate surface area is 143 Å². The third-order valence-corrected chi connectivity index (χ3v) is 17.4. The summed E-state index contributed by atoms with van der Waals surface area (Å²) >= 11 is -2.26. The van der Waals surface area contributed by atoms with Gasteiger partial charge in [-0.3, -0.25) is 0 Å². The monoisotopic (exact) mass is 466 g/mol. The van der Waals surface area contributed by atoms with Gasteiger partial charge in [-0.1, -0.05) is 0 Å². The fraction of sp³-hybridized carbons (Fsp3) is 1.00. The molecule has 0 fully saturated rings. The second-order valence-corrected chi connectivity index (χ2v) is 14.2. The molecule has 1 N–H and O–H groups in total. The van der Waals surface area contributed by atoms with Crippen LogP contribution < -0.4 is 3.30 Å². The van der Waals surface area contributed by atoms with E-state index in [0.717, 1.165) is 0 Å². The van der Waals surface area contributed by atoms with Crippen molar-refractivity contribution in [3.8, 4) is 0 Å². The molecule has 4 heteroatoms. The van der Waals surface area contributed by atoms with E-state index in [4.69, 9.17) is 0 Å². The summed E-state index contributed by atoms with van der Waals surface area (Å²) in [5.74, 6) is 0. The Bertz CT molecular complexity index is 227. The summed E-state index contributed by atoms with van der Waals surface area (Å²) in [7, 11) is 0. The van der Waals surface area contributed by atoms with Crippen LogP contribution in [-0.2, 0) is 22.3 Å². The zero-order valence-electron chi connectivity index (χ0n) is 16.2. The fourth-order valence-corrected chi connectivity index (χ4v) is 15.0. The van der Waals surface area contributed by atoms with Crippen molar-refractivity contribution in [3.05, 3.63) is 0 Å². The van der Waals surface area contributed by atoms with Crippen molar-refractivity contribution in [1.82, 2.24) is 9.08 Å². The Morgan fingerprint density at radius 1 is 0.667 bits per heavy atom. The van der Waals surface area contributed by atoms with Crippen LogP contribution in [0.25, 0.3) is 0 Å². The summed E-state index contributed by atoms with van der Waals surface area (Å²) in [5, 5.41) is 0. The molecular formula is C17H40HfN3. The van der Waals surface area contributed by atoms with Crippen molar-refractivity contribution in [2.75, 3.05) is 0 Å². The van der Waals surface area contributed by atoms with Crippen LogP contribution in [0.2, 0.25) is 0 Å². The summed E-state index contributed by atoms with van der Waals surface area (Å²) in [6.07, 6.45) is 2.47. The Morgan fingerprint density at radius 3 is 1.14 bits per heavy atom. The van der Waals surface area contributed by atoms with E-state index in [2.05, 4.69) is 78.3 Å². The van der Waals surface area contributed by atoms with Gasteiger partial charge in [0.25, 0.3) is 0 Å².